The van der Waals surface area contributed by atoms with Crippen LogP contribution in [0.25, 0.3) is 10.6 Å². The van der Waals surface area contributed by atoms with E-state index in [-0.39, 0.29) is 12.5 Å². The van der Waals surface area contributed by atoms with E-state index in [1.54, 1.807) is 35.6 Å². The minimum atomic E-state index is -0.190. The van der Waals surface area contributed by atoms with Gasteiger partial charge < -0.3 is 21.5 Å². The van der Waals surface area contributed by atoms with E-state index in [1.165, 1.54) is 11.3 Å². The number of thiazole rings is 1. The van der Waals surface area contributed by atoms with Gasteiger partial charge in [0.25, 0.3) is 5.91 Å². The predicted molar refractivity (Wildman–Crippen MR) is 98.0 cm³/mol. The Hall–Kier alpha value is -2.58. The molecule has 0 unspecified atom stereocenters. The lowest BCUT2D eigenvalue weighted by atomic mass is 10.3. The van der Waals surface area contributed by atoms with Gasteiger partial charge in [0.15, 0.2) is 11.7 Å². The molecule has 2 aromatic heterocycles. The van der Waals surface area contributed by atoms with Gasteiger partial charge in [-0.05, 0) is 24.3 Å². The number of benzene rings is 1. The van der Waals surface area contributed by atoms with Gasteiger partial charge in [-0.3, -0.25) is 4.79 Å². The number of carbonyl (C=O) groups excluding carboxylic acids is 1. The molecule has 24 heavy (non-hydrogen) atoms. The normalized spacial score (nSPS) is 10.5. The minimum Gasteiger partial charge on any atom is -0.484 e. The quantitative estimate of drug-likeness (QED) is 0.587. The van der Waals surface area contributed by atoms with E-state index in [4.69, 9.17) is 16.2 Å². The van der Waals surface area contributed by atoms with E-state index in [1.807, 2.05) is 17.5 Å². The van der Waals surface area contributed by atoms with E-state index >= 15 is 0 Å². The average Bonchev–Trinajstić information content (AvgIpc) is 3.20. The van der Waals surface area contributed by atoms with Gasteiger partial charge in [-0.2, -0.15) is 0 Å². The summed E-state index contributed by atoms with van der Waals surface area (Å²) < 4.78 is 5.40. The van der Waals surface area contributed by atoms with Crippen LogP contribution in [0, 0.1) is 0 Å². The van der Waals surface area contributed by atoms with Crippen LogP contribution >= 0.6 is 22.7 Å². The van der Waals surface area contributed by atoms with Crippen LogP contribution in [0.4, 0.5) is 10.8 Å². The van der Waals surface area contributed by atoms with Gasteiger partial charge in [0.2, 0.25) is 0 Å². The van der Waals surface area contributed by atoms with Crippen LogP contribution in [-0.2, 0) is 11.3 Å². The third kappa shape index (κ3) is 4.24. The zero-order valence-electron chi connectivity index (χ0n) is 12.7. The zero-order chi connectivity index (χ0) is 16.9. The molecule has 1 amide bonds. The lowest BCUT2D eigenvalue weighted by Gasteiger charge is -2.07. The molecule has 124 valence electrons. The molecule has 0 saturated carbocycles. The molecular weight excluding hydrogens is 344 g/mol. The Kier molecular flexibility index (Phi) is 4.97. The van der Waals surface area contributed by atoms with Gasteiger partial charge in [0, 0.05) is 22.0 Å². The largest absolute Gasteiger partial charge is 0.484 e. The first-order valence-electron chi connectivity index (χ1n) is 7.15. The van der Waals surface area contributed by atoms with Crippen molar-refractivity contribution in [3.63, 3.8) is 0 Å². The standard InChI is InChI=1S/C16H16N4O2S2/c17-10-2-1-3-11(6-10)22-8-15(21)19-7-12-4-5-14(24-12)13-9-23-16(18)20-13/h1-6,9H,7-8,17H2,(H2,18,20)(H,19,21). The van der Waals surface area contributed by atoms with Crippen molar-refractivity contribution < 1.29 is 9.53 Å². The van der Waals surface area contributed by atoms with E-state index in [0.29, 0.717) is 23.1 Å². The summed E-state index contributed by atoms with van der Waals surface area (Å²) in [5, 5.41) is 5.29. The highest BCUT2D eigenvalue weighted by Gasteiger charge is 2.08. The topological polar surface area (TPSA) is 103 Å². The van der Waals surface area contributed by atoms with E-state index in [0.717, 1.165) is 15.4 Å². The monoisotopic (exact) mass is 360 g/mol. The number of nitrogens with one attached hydrogen (secondary N) is 1. The molecular formula is C16H16N4O2S2. The number of ether oxygens (including phenoxy) is 1. The van der Waals surface area contributed by atoms with E-state index < -0.39 is 0 Å². The van der Waals surface area contributed by atoms with Gasteiger partial charge >= 0.3 is 0 Å². The van der Waals surface area contributed by atoms with Gasteiger partial charge in [0.1, 0.15) is 5.75 Å². The second-order valence-electron chi connectivity index (χ2n) is 4.97. The average molecular weight is 360 g/mol. The zero-order valence-corrected chi connectivity index (χ0v) is 14.3. The summed E-state index contributed by atoms with van der Waals surface area (Å²) >= 11 is 2.98. The third-order valence-corrected chi connectivity index (χ3v) is 4.91. The van der Waals surface area contributed by atoms with Crippen LogP contribution in [0.1, 0.15) is 4.88 Å². The highest BCUT2D eigenvalue weighted by atomic mass is 32.1. The van der Waals surface area contributed by atoms with Crippen molar-refractivity contribution in [1.29, 1.82) is 0 Å². The number of rotatable bonds is 6. The molecule has 0 bridgehead atoms. The Morgan fingerprint density at radius 2 is 2.12 bits per heavy atom. The Balaban J connectivity index is 1.49. The van der Waals surface area contributed by atoms with Gasteiger partial charge in [-0.15, -0.1) is 22.7 Å². The molecule has 0 saturated heterocycles. The maximum absolute atomic E-state index is 11.9. The van der Waals surface area contributed by atoms with Crippen molar-refractivity contribution in [2.24, 2.45) is 0 Å². The molecule has 1 aromatic carbocycles. The highest BCUT2D eigenvalue weighted by molar-refractivity contribution is 7.16. The summed E-state index contributed by atoms with van der Waals surface area (Å²) in [6, 6.07) is 10.9. The number of aromatic nitrogens is 1. The maximum atomic E-state index is 11.9. The summed E-state index contributed by atoms with van der Waals surface area (Å²) in [5.41, 5.74) is 12.8. The highest BCUT2D eigenvalue weighted by Crippen LogP contribution is 2.29. The summed E-state index contributed by atoms with van der Waals surface area (Å²) in [6.07, 6.45) is 0. The van der Waals surface area contributed by atoms with E-state index in [2.05, 4.69) is 10.3 Å². The van der Waals surface area contributed by atoms with Crippen molar-refractivity contribution in [2.45, 2.75) is 6.54 Å². The van der Waals surface area contributed by atoms with E-state index in [9.17, 15) is 4.79 Å². The number of carbonyl (C=O) groups is 1. The molecule has 0 fully saturated rings. The number of hydrogen-bond acceptors (Lipinski definition) is 7. The number of nitrogens with zero attached hydrogens (tertiary/aromatic N) is 1. The third-order valence-electron chi connectivity index (χ3n) is 3.12. The van der Waals surface area contributed by atoms with Crippen LogP contribution in [0.5, 0.6) is 5.75 Å². The van der Waals surface area contributed by atoms with Crippen molar-refractivity contribution in [3.8, 4) is 16.3 Å². The number of nitrogen functional groups attached to an aromatic ring is 2. The fraction of sp³-hybridized carbons (Fsp3) is 0.125. The van der Waals surface area contributed by atoms with Gasteiger partial charge in [-0.1, -0.05) is 6.07 Å². The van der Waals surface area contributed by atoms with Crippen molar-refractivity contribution in [2.75, 3.05) is 18.1 Å². The SMILES string of the molecule is Nc1cccc(OCC(=O)NCc2ccc(-c3csc(N)n3)s2)c1. The number of anilines is 2. The first kappa shape index (κ1) is 16.3. The molecule has 0 spiro atoms. The van der Waals surface area contributed by atoms with Gasteiger partial charge in [0.05, 0.1) is 17.1 Å². The fourth-order valence-electron chi connectivity index (χ4n) is 2.00. The predicted octanol–water partition coefficient (Wildman–Crippen LogP) is 2.73. The smallest absolute Gasteiger partial charge is 0.258 e. The van der Waals surface area contributed by atoms with Crippen LogP contribution < -0.4 is 21.5 Å². The first-order chi connectivity index (χ1) is 11.6. The number of thiophene rings is 1. The Morgan fingerprint density at radius 1 is 1.25 bits per heavy atom. The maximum Gasteiger partial charge on any atom is 0.258 e. The summed E-state index contributed by atoms with van der Waals surface area (Å²) in [4.78, 5) is 18.2. The first-order valence-corrected chi connectivity index (χ1v) is 8.85. The molecule has 0 atom stereocenters. The van der Waals surface area contributed by atoms with Gasteiger partial charge in [-0.25, -0.2) is 4.98 Å². The molecule has 3 rings (SSSR count). The summed E-state index contributed by atoms with van der Waals surface area (Å²) in [6.45, 7) is 0.397. The Labute approximate surface area is 147 Å². The molecule has 5 N–H and O–H groups in total. The molecule has 0 radical (unpaired) electrons. The Morgan fingerprint density at radius 3 is 2.88 bits per heavy atom. The summed E-state index contributed by atoms with van der Waals surface area (Å²) in [5.74, 6) is 0.384. The molecule has 3 aromatic rings. The summed E-state index contributed by atoms with van der Waals surface area (Å²) in [7, 11) is 0. The minimum absolute atomic E-state index is 0.0513. The second-order valence-corrected chi connectivity index (χ2v) is 7.03. The van der Waals surface area contributed by atoms with Crippen molar-refractivity contribution in [3.05, 3.63) is 46.7 Å². The molecule has 0 aliphatic heterocycles. The number of hydrogen-bond donors (Lipinski definition) is 3. The lowest BCUT2D eigenvalue weighted by Crippen LogP contribution is -2.28. The fourth-order valence-corrected chi connectivity index (χ4v) is 3.55. The molecule has 6 nitrogen and oxygen atoms in total. The van der Waals surface area contributed by atoms with Crippen molar-refractivity contribution in [1.82, 2.24) is 10.3 Å². The van der Waals surface area contributed by atoms with Crippen molar-refractivity contribution >= 4 is 39.4 Å². The van der Waals surface area contributed by atoms with Crippen LogP contribution in [0.3, 0.4) is 0 Å². The Bertz CT molecular complexity index is 844. The number of amides is 1. The van der Waals surface area contributed by atoms with Crippen LogP contribution in [0.2, 0.25) is 0 Å². The second kappa shape index (κ2) is 7.33. The van der Waals surface area contributed by atoms with Crippen LogP contribution in [-0.4, -0.2) is 17.5 Å². The molecule has 0 aliphatic rings. The lowest BCUT2D eigenvalue weighted by molar-refractivity contribution is -0.123. The molecule has 8 heteroatoms. The number of nitrogens with two attached hydrogens (primary N) is 2. The molecule has 0 aliphatic carbocycles. The molecule has 2 heterocycles. The van der Waals surface area contributed by atoms with Crippen LogP contribution in [0.15, 0.2) is 41.8 Å².